The van der Waals surface area contributed by atoms with Gasteiger partial charge in [-0.3, -0.25) is 9.90 Å². The van der Waals surface area contributed by atoms with E-state index in [0.29, 0.717) is 17.3 Å². The molecule has 1 radical (unpaired) electrons. The highest BCUT2D eigenvalue weighted by molar-refractivity contribution is 6.06. The molecule has 0 unspecified atom stereocenters. The van der Waals surface area contributed by atoms with E-state index in [-0.39, 0.29) is 11.6 Å². The van der Waals surface area contributed by atoms with Gasteiger partial charge in [0.15, 0.2) is 5.69 Å². The van der Waals surface area contributed by atoms with Gasteiger partial charge in [0.1, 0.15) is 0 Å². The Balaban J connectivity index is 2.51. The molecule has 0 aliphatic heterocycles. The predicted octanol–water partition coefficient (Wildman–Crippen LogP) is 1.69. The zero-order valence-electron chi connectivity index (χ0n) is 9.01. The number of aromatic nitrogens is 2. The SMILES string of the molecule is C=CCNC(=O)c1nnc([O])c2ccccc12. The van der Waals surface area contributed by atoms with Gasteiger partial charge < -0.3 is 5.32 Å². The highest BCUT2D eigenvalue weighted by atomic mass is 16.3. The first-order valence-corrected chi connectivity index (χ1v) is 5.05. The van der Waals surface area contributed by atoms with Crippen LogP contribution in [0.2, 0.25) is 0 Å². The number of fused-ring (bicyclic) bond motifs is 1. The Bertz CT molecular complexity index is 581. The van der Waals surface area contributed by atoms with E-state index in [0.717, 1.165) is 0 Å². The van der Waals surface area contributed by atoms with Crippen LogP contribution in [-0.4, -0.2) is 22.6 Å². The predicted molar refractivity (Wildman–Crippen MR) is 62.2 cm³/mol. The molecule has 0 bridgehead atoms. The van der Waals surface area contributed by atoms with Crippen molar-refractivity contribution >= 4 is 16.7 Å². The van der Waals surface area contributed by atoms with E-state index in [1.165, 1.54) is 0 Å². The molecule has 0 saturated heterocycles. The van der Waals surface area contributed by atoms with Crippen molar-refractivity contribution in [2.75, 3.05) is 6.54 Å². The number of rotatable bonds is 3. The molecule has 85 valence electrons. The molecule has 1 heterocycles. The van der Waals surface area contributed by atoms with Crippen LogP contribution in [0.3, 0.4) is 0 Å². The normalized spacial score (nSPS) is 10.1. The first-order valence-electron chi connectivity index (χ1n) is 5.05. The molecule has 5 nitrogen and oxygen atoms in total. The van der Waals surface area contributed by atoms with Gasteiger partial charge in [0, 0.05) is 11.9 Å². The average molecular weight is 228 g/mol. The third-order valence-electron chi connectivity index (χ3n) is 2.28. The van der Waals surface area contributed by atoms with Crippen molar-refractivity contribution in [2.24, 2.45) is 0 Å². The number of nitrogens with zero attached hydrogens (tertiary/aromatic N) is 2. The third kappa shape index (κ3) is 2.08. The zero-order chi connectivity index (χ0) is 12.3. The summed E-state index contributed by atoms with van der Waals surface area (Å²) in [5.41, 5.74) is 0.155. The van der Waals surface area contributed by atoms with Gasteiger partial charge in [0.05, 0.1) is 5.39 Å². The summed E-state index contributed by atoms with van der Waals surface area (Å²) in [5, 5.41) is 22.0. The van der Waals surface area contributed by atoms with Crippen LogP contribution < -0.4 is 5.32 Å². The largest absolute Gasteiger partial charge is 0.347 e. The number of amides is 1. The Kier molecular flexibility index (Phi) is 3.00. The summed E-state index contributed by atoms with van der Waals surface area (Å²) in [7, 11) is 0. The van der Waals surface area contributed by atoms with E-state index in [4.69, 9.17) is 0 Å². The van der Waals surface area contributed by atoms with Gasteiger partial charge in [-0.1, -0.05) is 24.3 Å². The van der Waals surface area contributed by atoms with Crippen LogP contribution in [0.4, 0.5) is 0 Å². The summed E-state index contributed by atoms with van der Waals surface area (Å²) in [4.78, 5) is 11.8. The molecular formula is C12H10N3O2. The molecule has 0 saturated carbocycles. The molecule has 17 heavy (non-hydrogen) atoms. The van der Waals surface area contributed by atoms with Crippen LogP contribution in [0.1, 0.15) is 10.5 Å². The molecule has 0 spiro atoms. The minimum absolute atomic E-state index is 0.155. The lowest BCUT2D eigenvalue weighted by atomic mass is 10.1. The van der Waals surface area contributed by atoms with Gasteiger partial charge in [0.2, 0.25) is 0 Å². The second-order valence-corrected chi connectivity index (χ2v) is 3.40. The van der Waals surface area contributed by atoms with Crippen molar-refractivity contribution in [1.82, 2.24) is 15.5 Å². The number of nitrogens with one attached hydrogen (secondary N) is 1. The standard InChI is InChI=1S/C12H10N3O2/c1-2-7-13-12(17)10-8-5-3-4-6-9(8)11(16)15-14-10/h2-6H,1,7H2,(H,13,17). The fraction of sp³-hybridized carbons (Fsp3) is 0.0833. The summed E-state index contributed by atoms with van der Waals surface area (Å²) in [6, 6.07) is 6.76. The molecule has 1 N–H and O–H groups in total. The minimum Gasteiger partial charge on any atom is -0.347 e. The Morgan fingerprint density at radius 3 is 2.71 bits per heavy atom. The molecule has 5 heteroatoms. The Labute approximate surface area is 97.8 Å². The van der Waals surface area contributed by atoms with Crippen molar-refractivity contribution < 1.29 is 9.90 Å². The molecule has 0 atom stereocenters. The molecule has 1 aromatic carbocycles. The van der Waals surface area contributed by atoms with Crippen molar-refractivity contribution in [3.8, 4) is 5.88 Å². The summed E-state index contributed by atoms with van der Waals surface area (Å²) in [6.07, 6.45) is 1.56. The lowest BCUT2D eigenvalue weighted by Crippen LogP contribution is -2.24. The first kappa shape index (κ1) is 11.1. The van der Waals surface area contributed by atoms with Crippen LogP contribution in [0.5, 0.6) is 5.88 Å². The Morgan fingerprint density at radius 2 is 2.00 bits per heavy atom. The maximum absolute atomic E-state index is 11.8. The Morgan fingerprint density at radius 1 is 1.29 bits per heavy atom. The van der Waals surface area contributed by atoms with Gasteiger partial charge in [-0.2, -0.15) is 0 Å². The summed E-state index contributed by atoms with van der Waals surface area (Å²) < 4.78 is 0. The average Bonchev–Trinajstić information content (AvgIpc) is 2.37. The smallest absolute Gasteiger partial charge is 0.296 e. The van der Waals surface area contributed by atoms with Gasteiger partial charge in [-0.05, 0) is 6.07 Å². The molecule has 2 rings (SSSR count). The molecule has 1 amide bonds. The lowest BCUT2D eigenvalue weighted by Gasteiger charge is -2.04. The fourth-order valence-electron chi connectivity index (χ4n) is 1.50. The van der Waals surface area contributed by atoms with Gasteiger partial charge in [-0.15, -0.1) is 16.8 Å². The van der Waals surface area contributed by atoms with E-state index in [1.807, 2.05) is 0 Å². The first-order chi connectivity index (χ1) is 8.24. The molecule has 0 aliphatic carbocycles. The van der Waals surface area contributed by atoms with Crippen molar-refractivity contribution in [1.29, 1.82) is 0 Å². The number of hydrogen-bond acceptors (Lipinski definition) is 3. The summed E-state index contributed by atoms with van der Waals surface area (Å²) in [5.74, 6) is -0.797. The molecule has 0 aliphatic rings. The maximum atomic E-state index is 11.8. The maximum Gasteiger partial charge on any atom is 0.296 e. The van der Waals surface area contributed by atoms with Gasteiger partial charge in [-0.25, -0.2) is 0 Å². The highest BCUT2D eigenvalue weighted by Gasteiger charge is 2.14. The number of carbonyl (C=O) groups excluding carboxylic acids is 1. The van der Waals surface area contributed by atoms with Crippen molar-refractivity contribution in [2.45, 2.75) is 0 Å². The summed E-state index contributed by atoms with van der Waals surface area (Å²) in [6.45, 7) is 3.84. The Hall–Kier alpha value is -2.43. The van der Waals surface area contributed by atoms with Crippen LogP contribution >= 0.6 is 0 Å². The topological polar surface area (TPSA) is 74.8 Å². The second kappa shape index (κ2) is 4.61. The fourth-order valence-corrected chi connectivity index (χ4v) is 1.50. The minimum atomic E-state index is -0.430. The number of carbonyl (C=O) groups is 1. The number of benzene rings is 1. The van der Waals surface area contributed by atoms with Crippen LogP contribution in [0.25, 0.3) is 10.8 Å². The van der Waals surface area contributed by atoms with E-state index in [2.05, 4.69) is 22.1 Å². The molecule has 1 aromatic heterocycles. The lowest BCUT2D eigenvalue weighted by molar-refractivity contribution is 0.0954. The van der Waals surface area contributed by atoms with E-state index in [1.54, 1.807) is 30.3 Å². The van der Waals surface area contributed by atoms with Gasteiger partial charge >= 0.3 is 0 Å². The quantitative estimate of drug-likeness (QED) is 0.812. The van der Waals surface area contributed by atoms with Crippen LogP contribution in [0, 0.1) is 0 Å². The summed E-state index contributed by atoms with van der Waals surface area (Å²) >= 11 is 0. The molecule has 2 aromatic rings. The van der Waals surface area contributed by atoms with Gasteiger partial charge in [0.25, 0.3) is 11.8 Å². The molecule has 0 fully saturated rings. The third-order valence-corrected chi connectivity index (χ3v) is 2.28. The van der Waals surface area contributed by atoms with Crippen LogP contribution in [0.15, 0.2) is 36.9 Å². The monoisotopic (exact) mass is 228 g/mol. The second-order valence-electron chi connectivity index (χ2n) is 3.40. The molecular weight excluding hydrogens is 218 g/mol. The van der Waals surface area contributed by atoms with Crippen molar-refractivity contribution in [3.05, 3.63) is 42.6 Å². The zero-order valence-corrected chi connectivity index (χ0v) is 9.01. The van der Waals surface area contributed by atoms with Crippen LogP contribution in [-0.2, 0) is 5.11 Å². The number of hydrogen-bond donors (Lipinski definition) is 1. The van der Waals surface area contributed by atoms with Crippen molar-refractivity contribution in [3.63, 3.8) is 0 Å². The van der Waals surface area contributed by atoms with E-state index in [9.17, 15) is 9.90 Å². The van der Waals surface area contributed by atoms with E-state index >= 15 is 0 Å². The highest BCUT2D eigenvalue weighted by Crippen LogP contribution is 2.23. The van der Waals surface area contributed by atoms with E-state index < -0.39 is 5.88 Å².